The number of amides is 1. The maximum atomic E-state index is 11.1. The van der Waals surface area contributed by atoms with Gasteiger partial charge in [0.1, 0.15) is 24.4 Å². The summed E-state index contributed by atoms with van der Waals surface area (Å²) in [6.45, 7) is 4.48. The van der Waals surface area contributed by atoms with Crippen molar-refractivity contribution in [3.8, 4) is 0 Å². The van der Waals surface area contributed by atoms with Crippen molar-refractivity contribution in [1.82, 2.24) is 5.32 Å². The Balaban J connectivity index is 3.03. The van der Waals surface area contributed by atoms with Crippen LogP contribution in [0.1, 0.15) is 6.92 Å². The van der Waals surface area contributed by atoms with Crippen LogP contribution in [0.2, 0.25) is 0 Å². The minimum atomic E-state index is -4.95. The van der Waals surface area contributed by atoms with E-state index in [1.807, 2.05) is 0 Å². The summed E-state index contributed by atoms with van der Waals surface area (Å²) < 4.78 is 41.0. The maximum absolute atomic E-state index is 11.1. The monoisotopic (exact) mass is 341 g/mol. The van der Waals surface area contributed by atoms with Crippen LogP contribution in [0, 0.1) is 0 Å². The Morgan fingerprint density at radius 1 is 1.45 bits per heavy atom. The number of hydrogen-bond donors (Lipinski definition) is 5. The Morgan fingerprint density at radius 2 is 2.05 bits per heavy atom. The Kier molecular flexibility index (Phi) is 6.43. The van der Waals surface area contributed by atoms with Crippen molar-refractivity contribution in [3.05, 3.63) is 12.7 Å². The molecule has 10 nitrogen and oxygen atoms in total. The van der Waals surface area contributed by atoms with Gasteiger partial charge in [0.25, 0.3) is 10.1 Å². The normalized spacial score (nSPS) is 34.0. The average molecular weight is 341 g/mol. The first kappa shape index (κ1) is 19.0. The quantitative estimate of drug-likeness (QED) is 0.256. The standard InChI is InChI=1S/C11H19NO9S/c1-3-4-20-11-6(12-5(2)13)7(14)8(15)9(21-11)10(16)22(17,18)19/h3,6-11,14-16H,1,4H2,2H3,(H,12,13)(H,17,18,19)/t6-,7-,8+,9+,10?,11-/m1/s1. The van der Waals surface area contributed by atoms with Crippen LogP contribution < -0.4 is 5.32 Å². The molecule has 1 saturated heterocycles. The highest BCUT2D eigenvalue weighted by Crippen LogP contribution is 2.25. The van der Waals surface area contributed by atoms with E-state index in [1.165, 1.54) is 6.08 Å². The fourth-order valence-corrected chi connectivity index (χ4v) is 2.55. The summed E-state index contributed by atoms with van der Waals surface area (Å²) in [5.41, 5.74) is -2.50. The van der Waals surface area contributed by atoms with E-state index in [4.69, 9.17) is 14.0 Å². The molecular weight excluding hydrogens is 322 g/mol. The van der Waals surface area contributed by atoms with Crippen LogP contribution in [0.25, 0.3) is 0 Å². The molecule has 6 atom stereocenters. The summed E-state index contributed by atoms with van der Waals surface area (Å²) in [6.07, 6.45) is -5.50. The zero-order valence-electron chi connectivity index (χ0n) is 11.7. The zero-order valence-corrected chi connectivity index (χ0v) is 12.5. The van der Waals surface area contributed by atoms with E-state index in [9.17, 15) is 28.5 Å². The van der Waals surface area contributed by atoms with Crippen molar-refractivity contribution in [3.63, 3.8) is 0 Å². The number of nitrogens with one attached hydrogen (secondary N) is 1. The lowest BCUT2D eigenvalue weighted by Gasteiger charge is -2.43. The number of hydrogen-bond acceptors (Lipinski definition) is 8. The van der Waals surface area contributed by atoms with Crippen molar-refractivity contribution in [2.75, 3.05) is 6.61 Å². The largest absolute Gasteiger partial charge is 0.388 e. The molecule has 0 bridgehead atoms. The van der Waals surface area contributed by atoms with Gasteiger partial charge in [-0.1, -0.05) is 6.08 Å². The predicted molar refractivity (Wildman–Crippen MR) is 72.0 cm³/mol. The average Bonchev–Trinajstić information content (AvgIpc) is 2.41. The lowest BCUT2D eigenvalue weighted by molar-refractivity contribution is -0.271. The number of carbonyl (C=O) groups is 1. The summed E-state index contributed by atoms with van der Waals surface area (Å²) in [6, 6.07) is -1.21. The second kappa shape index (κ2) is 7.46. The van der Waals surface area contributed by atoms with Gasteiger partial charge in [-0.2, -0.15) is 8.42 Å². The number of ether oxygens (including phenoxy) is 2. The molecule has 0 aromatic heterocycles. The molecular formula is C11H19NO9S. The molecule has 128 valence electrons. The smallest absolute Gasteiger partial charge is 0.294 e. The van der Waals surface area contributed by atoms with E-state index < -0.39 is 52.1 Å². The molecule has 0 spiro atoms. The fraction of sp³-hybridized carbons (Fsp3) is 0.727. The second-order valence-corrected chi connectivity index (χ2v) is 6.22. The molecule has 0 aromatic rings. The molecule has 1 amide bonds. The number of aliphatic hydroxyl groups is 3. The molecule has 0 aliphatic carbocycles. The maximum Gasteiger partial charge on any atom is 0.294 e. The third kappa shape index (κ3) is 4.46. The van der Waals surface area contributed by atoms with Crippen LogP contribution in [0.5, 0.6) is 0 Å². The van der Waals surface area contributed by atoms with Gasteiger partial charge < -0.3 is 30.1 Å². The topological polar surface area (TPSA) is 163 Å². The highest BCUT2D eigenvalue weighted by Gasteiger charge is 2.50. The first-order valence-corrected chi connectivity index (χ1v) is 7.75. The third-order valence-corrected chi connectivity index (χ3v) is 3.85. The summed E-state index contributed by atoms with van der Waals surface area (Å²) in [5.74, 6) is -0.555. The first-order chi connectivity index (χ1) is 10.1. The van der Waals surface area contributed by atoms with Crippen LogP contribution in [0.15, 0.2) is 12.7 Å². The SMILES string of the molecule is C=CCO[C@@H]1O[C@H](C(O)S(=O)(=O)O)[C@@H](O)[C@H](O)[C@H]1NC(C)=O. The van der Waals surface area contributed by atoms with Crippen molar-refractivity contribution >= 4 is 16.0 Å². The summed E-state index contributed by atoms with van der Waals surface area (Å²) in [5, 5.41) is 31.7. The number of aliphatic hydroxyl groups excluding tert-OH is 3. The summed E-state index contributed by atoms with van der Waals surface area (Å²) in [4.78, 5) is 11.1. The van der Waals surface area contributed by atoms with E-state index in [0.29, 0.717) is 0 Å². The molecule has 1 aliphatic rings. The van der Waals surface area contributed by atoms with E-state index in [0.717, 1.165) is 6.92 Å². The van der Waals surface area contributed by atoms with E-state index >= 15 is 0 Å². The number of carbonyl (C=O) groups excluding carboxylic acids is 1. The molecule has 1 fully saturated rings. The van der Waals surface area contributed by atoms with E-state index in [2.05, 4.69) is 11.9 Å². The Bertz CT molecular complexity index is 508. The minimum Gasteiger partial charge on any atom is -0.388 e. The molecule has 11 heteroatoms. The van der Waals surface area contributed by atoms with Gasteiger partial charge in [0, 0.05) is 6.92 Å². The molecule has 0 aromatic carbocycles. The molecule has 1 unspecified atom stereocenters. The lowest BCUT2D eigenvalue weighted by atomic mass is 9.97. The molecule has 0 saturated carbocycles. The molecule has 1 rings (SSSR count). The van der Waals surface area contributed by atoms with Gasteiger partial charge in [-0.05, 0) is 0 Å². The Morgan fingerprint density at radius 3 is 2.50 bits per heavy atom. The van der Waals surface area contributed by atoms with Gasteiger partial charge in [0.05, 0.1) is 6.61 Å². The van der Waals surface area contributed by atoms with Crippen LogP contribution in [0.3, 0.4) is 0 Å². The Hall–Kier alpha value is -1.08. The van der Waals surface area contributed by atoms with Crippen molar-refractivity contribution < 1.29 is 42.6 Å². The van der Waals surface area contributed by atoms with Gasteiger partial charge in [0.2, 0.25) is 11.3 Å². The van der Waals surface area contributed by atoms with Crippen LogP contribution in [-0.2, 0) is 24.4 Å². The van der Waals surface area contributed by atoms with E-state index in [-0.39, 0.29) is 6.61 Å². The van der Waals surface area contributed by atoms with Crippen LogP contribution in [0.4, 0.5) is 0 Å². The molecule has 0 radical (unpaired) electrons. The van der Waals surface area contributed by atoms with Gasteiger partial charge in [-0.3, -0.25) is 9.35 Å². The van der Waals surface area contributed by atoms with Gasteiger partial charge in [-0.15, -0.1) is 6.58 Å². The minimum absolute atomic E-state index is 0.0712. The van der Waals surface area contributed by atoms with Crippen LogP contribution >= 0.6 is 0 Å². The van der Waals surface area contributed by atoms with Crippen molar-refractivity contribution in [1.29, 1.82) is 0 Å². The number of rotatable bonds is 6. The zero-order chi connectivity index (χ0) is 17.1. The van der Waals surface area contributed by atoms with Gasteiger partial charge >= 0.3 is 0 Å². The predicted octanol–water partition coefficient (Wildman–Crippen LogP) is -2.65. The molecule has 1 heterocycles. The van der Waals surface area contributed by atoms with Gasteiger partial charge in [0.15, 0.2) is 6.29 Å². The van der Waals surface area contributed by atoms with Crippen LogP contribution in [-0.4, -0.2) is 76.9 Å². The lowest BCUT2D eigenvalue weighted by Crippen LogP contribution is -2.66. The van der Waals surface area contributed by atoms with Crippen molar-refractivity contribution in [2.45, 2.75) is 43.0 Å². The summed E-state index contributed by atoms with van der Waals surface area (Å²) >= 11 is 0. The fourth-order valence-electron chi connectivity index (χ4n) is 1.99. The van der Waals surface area contributed by atoms with E-state index in [1.54, 1.807) is 0 Å². The van der Waals surface area contributed by atoms with Crippen molar-refractivity contribution in [2.24, 2.45) is 0 Å². The highest BCUT2D eigenvalue weighted by atomic mass is 32.2. The highest BCUT2D eigenvalue weighted by molar-refractivity contribution is 7.86. The summed E-state index contributed by atoms with van der Waals surface area (Å²) in [7, 11) is -4.95. The van der Waals surface area contributed by atoms with Gasteiger partial charge in [-0.25, -0.2) is 0 Å². The molecule has 1 aliphatic heterocycles. The molecule has 22 heavy (non-hydrogen) atoms. The second-order valence-electron chi connectivity index (χ2n) is 4.70. The third-order valence-electron chi connectivity index (χ3n) is 2.97. The molecule has 5 N–H and O–H groups in total. The Labute approximate surface area is 127 Å². The first-order valence-electron chi connectivity index (χ1n) is 6.25.